The number of aromatic amines is 1. The van der Waals surface area contributed by atoms with Crippen LogP contribution >= 0.6 is 0 Å². The van der Waals surface area contributed by atoms with E-state index in [2.05, 4.69) is 15.3 Å². The molecule has 0 fully saturated rings. The van der Waals surface area contributed by atoms with Gasteiger partial charge in [0.15, 0.2) is 0 Å². The number of carbonyl (C=O) groups excluding carboxylic acids is 1. The van der Waals surface area contributed by atoms with Crippen molar-refractivity contribution >= 4 is 16.8 Å². The topological polar surface area (TPSA) is 67.0 Å². The number of hydrogen-bond donors (Lipinski definition) is 2. The molecule has 3 heterocycles. The van der Waals surface area contributed by atoms with Crippen LogP contribution in [-0.2, 0) is 6.42 Å². The lowest BCUT2D eigenvalue weighted by molar-refractivity contribution is 0.0935. The van der Waals surface area contributed by atoms with E-state index in [9.17, 15) is 9.18 Å². The summed E-state index contributed by atoms with van der Waals surface area (Å²) < 4.78 is 20.3. The Hall–Kier alpha value is -3.67. The minimum Gasteiger partial charge on any atom is -0.487 e. The minimum absolute atomic E-state index is 0.162. The van der Waals surface area contributed by atoms with Crippen molar-refractivity contribution in [2.75, 3.05) is 6.54 Å². The third kappa shape index (κ3) is 3.44. The van der Waals surface area contributed by atoms with Crippen LogP contribution in [0.3, 0.4) is 0 Å². The molecule has 0 unspecified atom stereocenters. The number of pyridine rings is 1. The number of nitrogens with one attached hydrogen (secondary N) is 2. The van der Waals surface area contributed by atoms with Crippen molar-refractivity contribution in [3.63, 3.8) is 0 Å². The van der Waals surface area contributed by atoms with E-state index in [1.807, 2.05) is 44.2 Å². The maximum absolute atomic E-state index is 14.2. The van der Waals surface area contributed by atoms with Crippen LogP contribution in [-0.4, -0.2) is 28.5 Å². The molecule has 4 aromatic rings. The maximum atomic E-state index is 14.2. The number of fused-ring (bicyclic) bond motifs is 2. The Morgan fingerprint density at radius 3 is 2.94 bits per heavy atom. The maximum Gasteiger partial charge on any atom is 0.253 e. The summed E-state index contributed by atoms with van der Waals surface area (Å²) in [5.74, 6) is 0.187. The van der Waals surface area contributed by atoms with Crippen LogP contribution in [0.4, 0.5) is 4.39 Å². The van der Waals surface area contributed by atoms with Gasteiger partial charge in [-0.25, -0.2) is 4.39 Å². The van der Waals surface area contributed by atoms with Crippen molar-refractivity contribution < 1.29 is 13.9 Å². The first-order valence-electron chi connectivity index (χ1n) is 10.3. The van der Waals surface area contributed by atoms with Crippen molar-refractivity contribution in [3.05, 3.63) is 83.1 Å². The first-order chi connectivity index (χ1) is 15.0. The van der Waals surface area contributed by atoms with Crippen LogP contribution in [0.1, 0.15) is 27.2 Å². The average molecular weight is 415 g/mol. The number of halogens is 1. The van der Waals surface area contributed by atoms with Gasteiger partial charge >= 0.3 is 0 Å². The second-order valence-corrected chi connectivity index (χ2v) is 7.94. The minimum atomic E-state index is -0.310. The van der Waals surface area contributed by atoms with Crippen LogP contribution in [0.25, 0.3) is 22.0 Å². The molecule has 31 heavy (non-hydrogen) atoms. The Balaban J connectivity index is 1.34. The highest BCUT2D eigenvalue weighted by Gasteiger charge is 2.27. The van der Waals surface area contributed by atoms with E-state index >= 15 is 0 Å². The molecule has 0 radical (unpaired) electrons. The van der Waals surface area contributed by atoms with E-state index in [0.717, 1.165) is 33.3 Å². The lowest BCUT2D eigenvalue weighted by Gasteiger charge is -2.14. The van der Waals surface area contributed by atoms with Gasteiger partial charge in [0.05, 0.1) is 17.6 Å². The standard InChI is InChI=1S/C25H22FN3O2/c1-14-15(2)29-23-20(14)6-3-7-21(23)25(30)28-13-19-10-17-9-18(26)11-22(24(17)31-19)16-5-4-8-27-12-16/h3-9,11-12,19,29H,10,13H2,1-2H3,(H,28,30)/t19-/m0/s1. The Morgan fingerprint density at radius 2 is 2.13 bits per heavy atom. The molecule has 0 saturated carbocycles. The highest BCUT2D eigenvalue weighted by atomic mass is 19.1. The number of hydrogen-bond acceptors (Lipinski definition) is 3. The number of benzene rings is 2. The van der Waals surface area contributed by atoms with Gasteiger partial charge in [-0.15, -0.1) is 0 Å². The molecule has 1 amide bonds. The molecule has 6 heteroatoms. The van der Waals surface area contributed by atoms with E-state index in [1.165, 1.54) is 12.1 Å². The van der Waals surface area contributed by atoms with Gasteiger partial charge < -0.3 is 15.0 Å². The number of nitrogens with zero attached hydrogens (tertiary/aromatic N) is 1. The smallest absolute Gasteiger partial charge is 0.253 e. The molecule has 0 aliphatic carbocycles. The third-order valence-corrected chi connectivity index (χ3v) is 5.91. The van der Waals surface area contributed by atoms with Gasteiger partial charge in [0.25, 0.3) is 5.91 Å². The fraction of sp³-hybridized carbons (Fsp3) is 0.200. The van der Waals surface area contributed by atoms with Crippen LogP contribution in [0.5, 0.6) is 5.75 Å². The van der Waals surface area contributed by atoms with E-state index in [-0.39, 0.29) is 17.8 Å². The zero-order valence-corrected chi connectivity index (χ0v) is 17.3. The summed E-state index contributed by atoms with van der Waals surface area (Å²) in [5, 5.41) is 4.03. The van der Waals surface area contributed by atoms with Gasteiger partial charge in [-0.1, -0.05) is 18.2 Å². The predicted octanol–water partition coefficient (Wildman–Crippen LogP) is 4.72. The monoisotopic (exact) mass is 415 g/mol. The molecule has 2 N–H and O–H groups in total. The van der Waals surface area contributed by atoms with Crippen molar-refractivity contribution in [2.24, 2.45) is 0 Å². The quantitative estimate of drug-likeness (QED) is 0.507. The Kier molecular flexibility index (Phi) is 4.70. The largest absolute Gasteiger partial charge is 0.487 e. The molecule has 1 aliphatic heterocycles. The SMILES string of the molecule is Cc1[nH]c2c(C(=O)NC[C@@H]3Cc4cc(F)cc(-c5cccnc5)c4O3)cccc2c1C. The summed E-state index contributed by atoms with van der Waals surface area (Å²) in [7, 11) is 0. The summed E-state index contributed by atoms with van der Waals surface area (Å²) in [4.78, 5) is 20.3. The Morgan fingerprint density at radius 1 is 1.26 bits per heavy atom. The number of aromatic nitrogens is 2. The molecule has 2 aromatic carbocycles. The average Bonchev–Trinajstić information content (AvgIpc) is 3.32. The second-order valence-electron chi connectivity index (χ2n) is 7.94. The zero-order chi connectivity index (χ0) is 21.5. The van der Waals surface area contributed by atoms with Crippen LogP contribution in [0, 0.1) is 19.7 Å². The lowest BCUT2D eigenvalue weighted by atomic mass is 10.0. The van der Waals surface area contributed by atoms with Crippen LogP contribution in [0.2, 0.25) is 0 Å². The number of H-pyrrole nitrogens is 1. The van der Waals surface area contributed by atoms with Gasteiger partial charge in [-0.05, 0) is 43.7 Å². The summed E-state index contributed by atoms with van der Waals surface area (Å²) in [6.07, 6.45) is 3.64. The molecule has 5 rings (SSSR count). The number of amides is 1. The third-order valence-electron chi connectivity index (χ3n) is 5.91. The molecular weight excluding hydrogens is 393 g/mol. The molecule has 0 saturated heterocycles. The van der Waals surface area contributed by atoms with Crippen molar-refractivity contribution in [3.8, 4) is 16.9 Å². The van der Waals surface area contributed by atoms with Gasteiger partial charge in [0.2, 0.25) is 0 Å². The summed E-state index contributed by atoms with van der Waals surface area (Å²) >= 11 is 0. The fourth-order valence-electron chi connectivity index (χ4n) is 4.22. The number of rotatable bonds is 4. The lowest BCUT2D eigenvalue weighted by Crippen LogP contribution is -2.34. The summed E-state index contributed by atoms with van der Waals surface area (Å²) in [6, 6.07) is 12.4. The van der Waals surface area contributed by atoms with Crippen molar-refractivity contribution in [1.82, 2.24) is 15.3 Å². The van der Waals surface area contributed by atoms with Crippen molar-refractivity contribution in [2.45, 2.75) is 26.4 Å². The molecule has 0 bridgehead atoms. The second kappa shape index (κ2) is 7.54. The summed E-state index contributed by atoms with van der Waals surface area (Å²) in [5.41, 5.74) is 5.92. The molecule has 0 spiro atoms. The predicted molar refractivity (Wildman–Crippen MR) is 118 cm³/mol. The number of aryl methyl sites for hydroxylation is 2. The van der Waals surface area contributed by atoms with Gasteiger partial charge in [0.1, 0.15) is 17.7 Å². The summed E-state index contributed by atoms with van der Waals surface area (Å²) in [6.45, 7) is 4.37. The first-order valence-corrected chi connectivity index (χ1v) is 10.3. The Labute approximate surface area is 179 Å². The van der Waals surface area contributed by atoms with Gasteiger partial charge in [-0.3, -0.25) is 9.78 Å². The number of para-hydroxylation sites is 1. The Bertz CT molecular complexity index is 1300. The molecule has 1 aliphatic rings. The molecule has 5 nitrogen and oxygen atoms in total. The highest BCUT2D eigenvalue weighted by Crippen LogP contribution is 2.39. The zero-order valence-electron chi connectivity index (χ0n) is 17.3. The number of carbonyl (C=O) groups is 1. The first kappa shape index (κ1) is 19.3. The molecule has 156 valence electrons. The van der Waals surface area contributed by atoms with Crippen molar-refractivity contribution in [1.29, 1.82) is 0 Å². The van der Waals surface area contributed by atoms with Crippen LogP contribution in [0.15, 0.2) is 54.9 Å². The van der Waals surface area contributed by atoms with Crippen LogP contribution < -0.4 is 10.1 Å². The molecule has 2 aromatic heterocycles. The van der Waals surface area contributed by atoms with E-state index in [4.69, 9.17) is 4.74 Å². The van der Waals surface area contributed by atoms with Gasteiger partial charge in [-0.2, -0.15) is 0 Å². The van der Waals surface area contributed by atoms with E-state index in [1.54, 1.807) is 12.4 Å². The number of ether oxygens (including phenoxy) is 1. The highest BCUT2D eigenvalue weighted by molar-refractivity contribution is 6.06. The molecule has 1 atom stereocenters. The van der Waals surface area contributed by atoms with Gasteiger partial charge in [0, 0.05) is 46.6 Å². The van der Waals surface area contributed by atoms with E-state index in [0.29, 0.717) is 29.8 Å². The van der Waals surface area contributed by atoms with E-state index < -0.39 is 0 Å². The fourth-order valence-corrected chi connectivity index (χ4v) is 4.22. The normalized spacial score (nSPS) is 15.0. The molecular formula is C25H22FN3O2.